The summed E-state index contributed by atoms with van der Waals surface area (Å²) >= 11 is 0. The van der Waals surface area contributed by atoms with Gasteiger partial charge in [0.25, 0.3) is 0 Å². The van der Waals surface area contributed by atoms with Crippen LogP contribution in [0.25, 0.3) is 0 Å². The van der Waals surface area contributed by atoms with E-state index in [4.69, 9.17) is 23.3 Å². The van der Waals surface area contributed by atoms with Crippen LogP contribution in [0.5, 0.6) is 0 Å². The summed E-state index contributed by atoms with van der Waals surface area (Å²) in [5.41, 5.74) is 0. The van der Waals surface area contributed by atoms with E-state index in [1.165, 1.54) is 135 Å². The first-order chi connectivity index (χ1) is 38.2. The van der Waals surface area contributed by atoms with Crippen LogP contribution in [-0.4, -0.2) is 66.5 Å². The maximum absolute atomic E-state index is 13.0. The minimum Gasteiger partial charge on any atom is -0.462 e. The Morgan fingerprint density at radius 3 is 1.08 bits per heavy atom. The number of allylic oxidation sites excluding steroid dienone is 12. The summed E-state index contributed by atoms with van der Waals surface area (Å²) in [4.78, 5) is 48.7. The second-order valence-corrected chi connectivity index (χ2v) is 22.7. The van der Waals surface area contributed by atoms with Crippen molar-refractivity contribution in [3.05, 3.63) is 72.9 Å². The lowest BCUT2D eigenvalue weighted by Gasteiger charge is -2.21. The zero-order valence-corrected chi connectivity index (χ0v) is 51.0. The van der Waals surface area contributed by atoms with Gasteiger partial charge in [0, 0.05) is 19.3 Å². The molecule has 452 valence electrons. The van der Waals surface area contributed by atoms with E-state index < -0.39 is 57.8 Å². The topological polar surface area (TPSA) is 155 Å². The second kappa shape index (κ2) is 60.0. The molecule has 0 aromatic rings. The number of aliphatic hydroxyl groups is 1. The van der Waals surface area contributed by atoms with Gasteiger partial charge in [-0.3, -0.25) is 23.4 Å². The first-order valence-electron chi connectivity index (χ1n) is 31.8. The fourth-order valence-electron chi connectivity index (χ4n) is 8.80. The van der Waals surface area contributed by atoms with Crippen molar-refractivity contribution in [2.75, 3.05) is 26.4 Å². The van der Waals surface area contributed by atoms with Crippen LogP contribution >= 0.6 is 7.82 Å². The van der Waals surface area contributed by atoms with Crippen molar-refractivity contribution in [1.82, 2.24) is 0 Å². The van der Waals surface area contributed by atoms with Crippen LogP contribution in [0.15, 0.2) is 72.9 Å². The molecule has 0 fully saturated rings. The maximum atomic E-state index is 13.0. The standard InChI is InChI=1S/C66H117O11P/c1-4-7-10-13-16-19-22-25-28-30-31-33-36-39-42-45-48-51-54-57-66(70)77-63(59-73-64(68)55-52-49-46-43-40-37-35-32-29-26-23-20-17-14-11-8-5-2)61-75-78(71,72)74-60-62(58-67)76-65(69)56-53-50-47-44-41-38-34-27-24-21-18-15-12-9-6-3/h8,11,17,20,26-27,29,34-35,37,43,46,62-63,67H,4-7,9-10,12-16,18-19,21-25,28,30-33,36,38-42,44-45,47-61H2,1-3H3,(H,71,72)/b11-8-,20-17-,29-26-,34-27-,37-35-,46-43-. The lowest BCUT2D eigenvalue weighted by Crippen LogP contribution is -2.30. The lowest BCUT2D eigenvalue weighted by atomic mass is 10.0. The highest BCUT2D eigenvalue weighted by atomic mass is 31.2. The molecule has 11 nitrogen and oxygen atoms in total. The van der Waals surface area contributed by atoms with E-state index in [9.17, 15) is 28.9 Å². The fourth-order valence-corrected chi connectivity index (χ4v) is 9.58. The Balaban J connectivity index is 4.76. The Morgan fingerprint density at radius 1 is 0.372 bits per heavy atom. The van der Waals surface area contributed by atoms with Gasteiger partial charge < -0.3 is 24.2 Å². The molecule has 0 spiro atoms. The number of ether oxygens (including phenoxy) is 3. The molecule has 0 aromatic carbocycles. The molecule has 2 N–H and O–H groups in total. The number of rotatable bonds is 59. The predicted octanol–water partition coefficient (Wildman–Crippen LogP) is 19.3. The number of hydrogen-bond donors (Lipinski definition) is 2. The highest BCUT2D eigenvalue weighted by Crippen LogP contribution is 2.43. The minimum absolute atomic E-state index is 0.148. The van der Waals surface area contributed by atoms with Crippen LogP contribution in [-0.2, 0) is 42.2 Å². The van der Waals surface area contributed by atoms with E-state index >= 15 is 0 Å². The van der Waals surface area contributed by atoms with Gasteiger partial charge in [0.05, 0.1) is 19.8 Å². The molecule has 0 bridgehead atoms. The van der Waals surface area contributed by atoms with E-state index in [-0.39, 0.29) is 25.9 Å². The summed E-state index contributed by atoms with van der Waals surface area (Å²) in [5, 5.41) is 9.84. The van der Waals surface area contributed by atoms with E-state index in [2.05, 4.69) is 87.6 Å². The summed E-state index contributed by atoms with van der Waals surface area (Å²) in [6.45, 7) is 4.50. The fraction of sp³-hybridized carbons (Fsp3) is 0.773. The van der Waals surface area contributed by atoms with E-state index in [0.29, 0.717) is 25.7 Å². The number of unbranched alkanes of at least 4 members (excludes halogenated alkanes) is 30. The SMILES string of the molecule is CC/C=C\C/C=C\C/C=C\C/C=C\C/C=C\CCCC(=O)OCC(COP(=O)(O)OCC(CO)OC(=O)CCCCCCC/C=C\CCCCCCCC)OC(=O)CCCCCCCCCCCCCCCCCCCCC. The summed E-state index contributed by atoms with van der Waals surface area (Å²) < 4.78 is 39.6. The van der Waals surface area contributed by atoms with Gasteiger partial charge in [0.2, 0.25) is 0 Å². The first-order valence-corrected chi connectivity index (χ1v) is 33.3. The van der Waals surface area contributed by atoms with Gasteiger partial charge in [-0.15, -0.1) is 0 Å². The number of phosphoric acid groups is 1. The van der Waals surface area contributed by atoms with Crippen LogP contribution in [0.2, 0.25) is 0 Å². The normalized spacial score (nSPS) is 13.8. The van der Waals surface area contributed by atoms with Gasteiger partial charge in [-0.05, 0) is 83.5 Å². The van der Waals surface area contributed by atoms with Crippen LogP contribution in [0.3, 0.4) is 0 Å². The third-order valence-corrected chi connectivity index (χ3v) is 14.6. The van der Waals surface area contributed by atoms with Gasteiger partial charge in [-0.1, -0.05) is 261 Å². The summed E-state index contributed by atoms with van der Waals surface area (Å²) in [6.07, 6.45) is 68.6. The highest BCUT2D eigenvalue weighted by molar-refractivity contribution is 7.47. The molecule has 0 saturated heterocycles. The Labute approximate surface area is 478 Å². The number of esters is 3. The lowest BCUT2D eigenvalue weighted by molar-refractivity contribution is -0.161. The van der Waals surface area contributed by atoms with Crippen molar-refractivity contribution in [3.8, 4) is 0 Å². The average Bonchev–Trinajstić information content (AvgIpc) is 3.43. The molecule has 0 radical (unpaired) electrons. The molecule has 0 aliphatic rings. The molecule has 0 saturated carbocycles. The molecule has 0 aromatic heterocycles. The van der Waals surface area contributed by atoms with Crippen molar-refractivity contribution in [3.63, 3.8) is 0 Å². The molecule has 0 rings (SSSR count). The number of hydrogen-bond acceptors (Lipinski definition) is 10. The van der Waals surface area contributed by atoms with Gasteiger partial charge in [0.1, 0.15) is 12.7 Å². The van der Waals surface area contributed by atoms with Crippen LogP contribution in [0.1, 0.15) is 290 Å². The van der Waals surface area contributed by atoms with Crippen LogP contribution < -0.4 is 0 Å². The Morgan fingerprint density at radius 2 is 0.679 bits per heavy atom. The van der Waals surface area contributed by atoms with Crippen molar-refractivity contribution in [2.45, 2.75) is 303 Å². The molecule has 0 aliphatic carbocycles. The van der Waals surface area contributed by atoms with Gasteiger partial charge in [-0.2, -0.15) is 0 Å². The van der Waals surface area contributed by atoms with Gasteiger partial charge >= 0.3 is 25.7 Å². The Hall–Kier alpha value is -3.08. The molecular weight excluding hydrogens is 1000 g/mol. The average molecular weight is 1120 g/mol. The molecule has 3 unspecified atom stereocenters. The summed E-state index contributed by atoms with van der Waals surface area (Å²) in [6, 6.07) is 0. The molecule has 12 heteroatoms. The maximum Gasteiger partial charge on any atom is 0.472 e. The predicted molar refractivity (Wildman–Crippen MR) is 325 cm³/mol. The minimum atomic E-state index is -4.77. The van der Waals surface area contributed by atoms with Crippen molar-refractivity contribution in [1.29, 1.82) is 0 Å². The number of phosphoric ester groups is 1. The molecular formula is C66H117O11P. The van der Waals surface area contributed by atoms with Crippen LogP contribution in [0, 0.1) is 0 Å². The Kier molecular flexibility index (Phi) is 57.7. The van der Waals surface area contributed by atoms with E-state index in [1.807, 2.05) is 6.08 Å². The molecule has 0 heterocycles. The first kappa shape index (κ1) is 74.9. The molecule has 0 amide bonds. The monoisotopic (exact) mass is 1120 g/mol. The third-order valence-electron chi connectivity index (χ3n) is 13.6. The number of carbonyl (C=O) groups is 3. The molecule has 0 aliphatic heterocycles. The second-order valence-electron chi connectivity index (χ2n) is 21.2. The Bertz CT molecular complexity index is 1590. The number of aliphatic hydroxyl groups excluding tert-OH is 1. The zero-order valence-electron chi connectivity index (χ0n) is 50.1. The van der Waals surface area contributed by atoms with Gasteiger partial charge in [-0.25, -0.2) is 4.57 Å². The number of carbonyl (C=O) groups excluding carboxylic acids is 3. The molecule has 3 atom stereocenters. The van der Waals surface area contributed by atoms with Crippen molar-refractivity contribution in [2.24, 2.45) is 0 Å². The van der Waals surface area contributed by atoms with Gasteiger partial charge in [0.15, 0.2) is 6.10 Å². The highest BCUT2D eigenvalue weighted by Gasteiger charge is 2.28. The van der Waals surface area contributed by atoms with Crippen molar-refractivity contribution < 1.29 is 52.2 Å². The zero-order chi connectivity index (χ0) is 56.9. The largest absolute Gasteiger partial charge is 0.472 e. The van der Waals surface area contributed by atoms with Crippen LogP contribution in [0.4, 0.5) is 0 Å². The van der Waals surface area contributed by atoms with E-state index in [0.717, 1.165) is 89.9 Å². The quantitative estimate of drug-likeness (QED) is 0.0197. The summed E-state index contributed by atoms with van der Waals surface area (Å²) in [7, 11) is -4.77. The van der Waals surface area contributed by atoms with E-state index in [1.54, 1.807) is 0 Å². The van der Waals surface area contributed by atoms with Crippen molar-refractivity contribution >= 4 is 25.7 Å². The summed E-state index contributed by atoms with van der Waals surface area (Å²) in [5.74, 6) is -1.53. The molecule has 78 heavy (non-hydrogen) atoms. The third kappa shape index (κ3) is 57.6. The smallest absolute Gasteiger partial charge is 0.462 e.